The Morgan fingerprint density at radius 1 is 1.33 bits per heavy atom. The molecule has 18 heavy (non-hydrogen) atoms. The summed E-state index contributed by atoms with van der Waals surface area (Å²) in [4.78, 5) is 4.08. The number of anilines is 1. The van der Waals surface area contributed by atoms with Gasteiger partial charge in [-0.15, -0.1) is 0 Å². The van der Waals surface area contributed by atoms with Gasteiger partial charge in [0.05, 0.1) is 12.1 Å². The predicted octanol–water partition coefficient (Wildman–Crippen LogP) is 3.05. The fourth-order valence-electron chi connectivity index (χ4n) is 1.55. The van der Waals surface area contributed by atoms with Crippen LogP contribution in [-0.4, -0.2) is 9.55 Å². The normalized spacial score (nSPS) is 11.6. The van der Waals surface area contributed by atoms with E-state index >= 15 is 0 Å². The van der Waals surface area contributed by atoms with Gasteiger partial charge in [0.15, 0.2) is 0 Å². The summed E-state index contributed by atoms with van der Waals surface area (Å²) in [5.74, 6) is 0.757. The molecule has 1 aromatic carbocycles. The lowest BCUT2D eigenvalue weighted by Crippen LogP contribution is -2.08. The van der Waals surface area contributed by atoms with Crippen molar-refractivity contribution < 1.29 is 13.2 Å². The number of alkyl halides is 3. The van der Waals surface area contributed by atoms with Crippen molar-refractivity contribution in [1.82, 2.24) is 9.55 Å². The molecule has 6 heteroatoms. The molecule has 3 nitrogen and oxygen atoms in total. The molecule has 0 amide bonds. The highest BCUT2D eigenvalue weighted by Crippen LogP contribution is 2.30. The third-order valence-electron chi connectivity index (χ3n) is 2.56. The average Bonchev–Trinajstić information content (AvgIpc) is 2.72. The Labute approximate surface area is 102 Å². The second-order valence-corrected chi connectivity index (χ2v) is 3.89. The fourth-order valence-corrected chi connectivity index (χ4v) is 1.55. The quantitative estimate of drug-likeness (QED) is 0.913. The number of hydrogen-bond acceptors (Lipinski definition) is 2. The number of benzene rings is 1. The van der Waals surface area contributed by atoms with Gasteiger partial charge in [0.1, 0.15) is 5.82 Å². The van der Waals surface area contributed by atoms with Crippen molar-refractivity contribution in [3.05, 3.63) is 48.0 Å². The third kappa shape index (κ3) is 2.82. The zero-order valence-electron chi connectivity index (χ0n) is 9.70. The summed E-state index contributed by atoms with van der Waals surface area (Å²) in [6, 6.07) is 5.11. The lowest BCUT2D eigenvalue weighted by Gasteiger charge is -2.10. The topological polar surface area (TPSA) is 29.9 Å². The zero-order valence-corrected chi connectivity index (χ0v) is 9.70. The smallest absolute Gasteiger partial charge is 0.378 e. The molecule has 0 unspecified atom stereocenters. The Balaban J connectivity index is 2.09. The Morgan fingerprint density at radius 2 is 2.11 bits per heavy atom. The van der Waals surface area contributed by atoms with Crippen LogP contribution in [0.15, 0.2) is 36.7 Å². The SMILES string of the molecule is Cn1ccnc1CNc1cccc(C(F)(F)F)c1. The molecule has 0 aliphatic rings. The monoisotopic (exact) mass is 255 g/mol. The van der Waals surface area contributed by atoms with Crippen LogP contribution in [0.25, 0.3) is 0 Å². The van der Waals surface area contributed by atoms with Crippen LogP contribution >= 0.6 is 0 Å². The minimum atomic E-state index is -4.32. The highest BCUT2D eigenvalue weighted by Gasteiger charge is 2.30. The van der Waals surface area contributed by atoms with E-state index in [2.05, 4.69) is 10.3 Å². The van der Waals surface area contributed by atoms with Gasteiger partial charge in [0.25, 0.3) is 0 Å². The summed E-state index contributed by atoms with van der Waals surface area (Å²) in [5.41, 5.74) is -0.236. The molecule has 1 aromatic heterocycles. The van der Waals surface area contributed by atoms with Crippen LogP contribution in [0.2, 0.25) is 0 Å². The standard InChI is InChI=1S/C12H12F3N3/c1-18-6-5-16-11(18)8-17-10-4-2-3-9(7-10)12(13,14)15/h2-7,17H,8H2,1H3. The fraction of sp³-hybridized carbons (Fsp3) is 0.250. The van der Waals surface area contributed by atoms with Crippen LogP contribution in [-0.2, 0) is 19.8 Å². The van der Waals surface area contributed by atoms with Gasteiger partial charge in [0, 0.05) is 25.1 Å². The molecule has 0 saturated carbocycles. The Bertz CT molecular complexity index is 531. The van der Waals surface area contributed by atoms with Gasteiger partial charge in [-0.1, -0.05) is 6.07 Å². The van der Waals surface area contributed by atoms with E-state index in [4.69, 9.17) is 0 Å². The molecule has 0 atom stereocenters. The number of hydrogen-bond donors (Lipinski definition) is 1. The van der Waals surface area contributed by atoms with Gasteiger partial charge in [-0.05, 0) is 18.2 Å². The zero-order chi connectivity index (χ0) is 13.2. The Morgan fingerprint density at radius 3 is 2.72 bits per heavy atom. The molecule has 2 rings (SSSR count). The van der Waals surface area contributed by atoms with Crippen LogP contribution in [0.5, 0.6) is 0 Å². The second-order valence-electron chi connectivity index (χ2n) is 3.89. The Kier molecular flexibility index (Phi) is 3.27. The summed E-state index contributed by atoms with van der Waals surface area (Å²) >= 11 is 0. The van der Waals surface area contributed by atoms with Gasteiger partial charge in [-0.2, -0.15) is 13.2 Å². The van der Waals surface area contributed by atoms with Gasteiger partial charge >= 0.3 is 6.18 Å². The highest BCUT2D eigenvalue weighted by molar-refractivity contribution is 5.46. The van der Waals surface area contributed by atoms with Crippen molar-refractivity contribution >= 4 is 5.69 Å². The minimum Gasteiger partial charge on any atom is -0.378 e. The number of nitrogens with one attached hydrogen (secondary N) is 1. The molecule has 0 radical (unpaired) electrons. The number of nitrogens with zero attached hydrogens (tertiary/aromatic N) is 2. The van der Waals surface area contributed by atoms with E-state index in [1.165, 1.54) is 6.07 Å². The summed E-state index contributed by atoms with van der Waals surface area (Å²) < 4.78 is 39.3. The van der Waals surface area contributed by atoms with E-state index in [9.17, 15) is 13.2 Å². The summed E-state index contributed by atoms with van der Waals surface area (Å²) in [6.07, 6.45) is -0.896. The molecule has 0 bridgehead atoms. The van der Waals surface area contributed by atoms with Crippen molar-refractivity contribution in [2.24, 2.45) is 7.05 Å². The van der Waals surface area contributed by atoms with E-state index in [0.29, 0.717) is 12.2 Å². The highest BCUT2D eigenvalue weighted by atomic mass is 19.4. The summed E-state index contributed by atoms with van der Waals surface area (Å²) in [5, 5.41) is 2.92. The Hall–Kier alpha value is -1.98. The van der Waals surface area contributed by atoms with Crippen LogP contribution in [0.4, 0.5) is 18.9 Å². The lowest BCUT2D eigenvalue weighted by atomic mass is 10.2. The van der Waals surface area contributed by atoms with Crippen molar-refractivity contribution in [2.45, 2.75) is 12.7 Å². The first-order chi connectivity index (χ1) is 8.47. The molecule has 0 spiro atoms. The number of halogens is 3. The predicted molar refractivity (Wildman–Crippen MR) is 62.0 cm³/mol. The molecule has 0 aliphatic heterocycles. The minimum absolute atomic E-state index is 0.380. The van der Waals surface area contributed by atoms with E-state index in [0.717, 1.165) is 18.0 Å². The van der Waals surface area contributed by atoms with Crippen molar-refractivity contribution in [3.8, 4) is 0 Å². The largest absolute Gasteiger partial charge is 0.416 e. The van der Waals surface area contributed by atoms with Gasteiger partial charge < -0.3 is 9.88 Å². The molecule has 0 aliphatic carbocycles. The molecular formula is C12H12F3N3. The first kappa shape index (κ1) is 12.5. The molecular weight excluding hydrogens is 243 g/mol. The molecule has 96 valence electrons. The van der Waals surface area contributed by atoms with Gasteiger partial charge in [0.2, 0.25) is 0 Å². The average molecular weight is 255 g/mol. The summed E-state index contributed by atoms with van der Waals surface area (Å²) in [6.45, 7) is 0.380. The van der Waals surface area contributed by atoms with Crippen molar-refractivity contribution in [3.63, 3.8) is 0 Å². The van der Waals surface area contributed by atoms with Crippen LogP contribution in [0.1, 0.15) is 11.4 Å². The number of aryl methyl sites for hydroxylation is 1. The number of rotatable bonds is 3. The van der Waals surface area contributed by atoms with Gasteiger partial charge in [-0.25, -0.2) is 4.98 Å². The maximum Gasteiger partial charge on any atom is 0.416 e. The lowest BCUT2D eigenvalue weighted by molar-refractivity contribution is -0.137. The molecule has 1 heterocycles. The van der Waals surface area contributed by atoms with Crippen LogP contribution in [0, 0.1) is 0 Å². The van der Waals surface area contributed by atoms with E-state index in [-0.39, 0.29) is 0 Å². The maximum absolute atomic E-state index is 12.5. The first-order valence-corrected chi connectivity index (χ1v) is 5.34. The molecule has 2 aromatic rings. The van der Waals surface area contributed by atoms with E-state index in [1.807, 2.05) is 7.05 Å². The van der Waals surface area contributed by atoms with Crippen LogP contribution in [0.3, 0.4) is 0 Å². The van der Waals surface area contributed by atoms with E-state index in [1.54, 1.807) is 23.0 Å². The maximum atomic E-state index is 12.5. The molecule has 0 fully saturated rings. The number of imidazole rings is 1. The summed E-state index contributed by atoms with van der Waals surface area (Å²) in [7, 11) is 1.83. The molecule has 1 N–H and O–H groups in total. The second kappa shape index (κ2) is 4.72. The van der Waals surface area contributed by atoms with Gasteiger partial charge in [-0.3, -0.25) is 0 Å². The third-order valence-corrected chi connectivity index (χ3v) is 2.56. The number of aromatic nitrogens is 2. The molecule has 0 saturated heterocycles. The van der Waals surface area contributed by atoms with Crippen molar-refractivity contribution in [1.29, 1.82) is 0 Å². The van der Waals surface area contributed by atoms with Crippen LogP contribution < -0.4 is 5.32 Å². The van der Waals surface area contributed by atoms with Crippen molar-refractivity contribution in [2.75, 3.05) is 5.32 Å². The van der Waals surface area contributed by atoms with E-state index < -0.39 is 11.7 Å². The first-order valence-electron chi connectivity index (χ1n) is 5.34.